The molecule has 0 atom stereocenters. The van der Waals surface area contributed by atoms with Crippen LogP contribution in [0.5, 0.6) is 11.5 Å². The van der Waals surface area contributed by atoms with Gasteiger partial charge in [-0.15, -0.1) is 0 Å². The number of ether oxygens (including phenoxy) is 4. The van der Waals surface area contributed by atoms with Gasteiger partial charge in [-0.05, 0) is 49.1 Å². The van der Waals surface area contributed by atoms with E-state index in [0.717, 1.165) is 22.3 Å². The van der Waals surface area contributed by atoms with E-state index in [0.29, 0.717) is 35.6 Å². The van der Waals surface area contributed by atoms with Crippen LogP contribution in [0.2, 0.25) is 0 Å². The van der Waals surface area contributed by atoms with E-state index in [-0.39, 0.29) is 0 Å². The maximum absolute atomic E-state index is 12.9. The quantitative estimate of drug-likeness (QED) is 0.544. The Hall–Kier alpha value is -3.74. The Bertz CT molecular complexity index is 1100. The van der Waals surface area contributed by atoms with Gasteiger partial charge in [-0.3, -0.25) is 0 Å². The van der Waals surface area contributed by atoms with Crippen molar-refractivity contribution in [2.45, 2.75) is 26.2 Å². The minimum Gasteiger partial charge on any atom is -0.493 e. The van der Waals surface area contributed by atoms with Crippen molar-refractivity contribution >= 4 is 11.9 Å². The lowest BCUT2D eigenvalue weighted by Gasteiger charge is -2.31. The Morgan fingerprint density at radius 3 is 2.00 bits per heavy atom. The number of carbonyl (C=O) groups excluding carboxylic acids is 2. The zero-order valence-electron chi connectivity index (χ0n) is 20.5. The highest BCUT2D eigenvalue weighted by atomic mass is 16.5. The van der Waals surface area contributed by atoms with E-state index in [9.17, 15) is 9.59 Å². The summed E-state index contributed by atoms with van der Waals surface area (Å²) in [6, 6.07) is 11.7. The van der Waals surface area contributed by atoms with Gasteiger partial charge in [0.2, 0.25) is 0 Å². The molecule has 0 N–H and O–H groups in total. The number of esters is 2. The smallest absolute Gasteiger partial charge is 0.336 e. The van der Waals surface area contributed by atoms with Crippen LogP contribution in [0.1, 0.15) is 28.2 Å². The van der Waals surface area contributed by atoms with Gasteiger partial charge in [0.05, 0.1) is 45.5 Å². The van der Waals surface area contributed by atoms with Crippen molar-refractivity contribution < 1.29 is 28.5 Å². The van der Waals surface area contributed by atoms with Crippen molar-refractivity contribution in [1.82, 2.24) is 4.90 Å². The molecule has 0 fully saturated rings. The summed E-state index contributed by atoms with van der Waals surface area (Å²) in [7, 11) is 5.87. The van der Waals surface area contributed by atoms with Gasteiger partial charge in [-0.1, -0.05) is 29.8 Å². The standard InChI is InChI=1S/C27H31NO6/c1-17-7-8-18(2)20(13-17)25-21(26(29)33-5)15-28(16-22(25)27(30)34-6)12-11-19-9-10-23(31-3)24(14-19)32-4/h7-10,13-16,25H,11-12H2,1-6H3. The first-order valence-electron chi connectivity index (χ1n) is 11.0. The summed E-state index contributed by atoms with van der Waals surface area (Å²) in [6.45, 7) is 4.46. The van der Waals surface area contributed by atoms with Gasteiger partial charge < -0.3 is 23.8 Å². The highest BCUT2D eigenvalue weighted by Gasteiger charge is 2.36. The van der Waals surface area contributed by atoms with Gasteiger partial charge in [0.25, 0.3) is 0 Å². The molecule has 2 aromatic carbocycles. The van der Waals surface area contributed by atoms with Gasteiger partial charge in [0.1, 0.15) is 0 Å². The van der Waals surface area contributed by atoms with Gasteiger partial charge in [-0.2, -0.15) is 0 Å². The Balaban J connectivity index is 1.99. The van der Waals surface area contributed by atoms with Crippen molar-refractivity contribution in [2.75, 3.05) is 35.0 Å². The molecule has 0 aliphatic carbocycles. The van der Waals surface area contributed by atoms with Crippen LogP contribution in [0.25, 0.3) is 0 Å². The van der Waals surface area contributed by atoms with Gasteiger partial charge in [0, 0.05) is 18.9 Å². The second-order valence-corrected chi connectivity index (χ2v) is 8.12. The largest absolute Gasteiger partial charge is 0.493 e. The summed E-state index contributed by atoms with van der Waals surface area (Å²) < 4.78 is 20.9. The summed E-state index contributed by atoms with van der Waals surface area (Å²) in [5, 5.41) is 0. The topological polar surface area (TPSA) is 74.3 Å². The molecule has 0 unspecified atom stereocenters. The molecule has 0 radical (unpaired) electrons. The normalized spacial score (nSPS) is 13.6. The number of aryl methyl sites for hydroxylation is 2. The van der Waals surface area contributed by atoms with Crippen LogP contribution in [-0.4, -0.2) is 51.8 Å². The van der Waals surface area contributed by atoms with Crippen molar-refractivity contribution in [1.29, 1.82) is 0 Å². The molecule has 1 aliphatic rings. The summed E-state index contributed by atoms with van der Waals surface area (Å²) in [5.41, 5.74) is 4.66. The van der Waals surface area contributed by atoms with Crippen molar-refractivity contribution in [3.05, 3.63) is 82.2 Å². The number of nitrogens with zero attached hydrogens (tertiary/aromatic N) is 1. The molecule has 2 aromatic rings. The monoisotopic (exact) mass is 465 g/mol. The molecule has 1 heterocycles. The predicted molar refractivity (Wildman–Crippen MR) is 129 cm³/mol. The Morgan fingerprint density at radius 2 is 1.44 bits per heavy atom. The summed E-state index contributed by atoms with van der Waals surface area (Å²) >= 11 is 0. The average molecular weight is 466 g/mol. The molecule has 1 aliphatic heterocycles. The number of hydrogen-bond donors (Lipinski definition) is 0. The number of methoxy groups -OCH3 is 4. The number of carbonyl (C=O) groups is 2. The highest BCUT2D eigenvalue weighted by molar-refractivity contribution is 5.98. The van der Waals surface area contributed by atoms with E-state index in [1.807, 2.05) is 55.1 Å². The summed E-state index contributed by atoms with van der Waals surface area (Å²) in [6.07, 6.45) is 4.15. The molecular formula is C27H31NO6. The zero-order valence-corrected chi connectivity index (χ0v) is 20.5. The maximum Gasteiger partial charge on any atom is 0.336 e. The van der Waals surface area contributed by atoms with E-state index >= 15 is 0 Å². The summed E-state index contributed by atoms with van der Waals surface area (Å²) in [5.74, 6) is -0.267. The first-order valence-corrected chi connectivity index (χ1v) is 11.0. The Kier molecular flexibility index (Phi) is 7.99. The van der Waals surface area contributed by atoms with Crippen LogP contribution in [0.3, 0.4) is 0 Å². The van der Waals surface area contributed by atoms with Gasteiger partial charge in [-0.25, -0.2) is 9.59 Å². The molecule has 0 aromatic heterocycles. The molecule has 0 bridgehead atoms. The van der Waals surface area contributed by atoms with Crippen LogP contribution in [-0.2, 0) is 25.5 Å². The van der Waals surface area contributed by atoms with E-state index in [1.165, 1.54) is 14.2 Å². The first kappa shape index (κ1) is 24.9. The van der Waals surface area contributed by atoms with Crippen molar-refractivity contribution in [3.63, 3.8) is 0 Å². The van der Waals surface area contributed by atoms with Crippen LogP contribution in [0.4, 0.5) is 0 Å². The number of rotatable bonds is 8. The van der Waals surface area contributed by atoms with E-state index in [1.54, 1.807) is 26.6 Å². The number of benzene rings is 2. The molecule has 3 rings (SSSR count). The van der Waals surface area contributed by atoms with Crippen LogP contribution < -0.4 is 9.47 Å². The molecule has 7 heteroatoms. The van der Waals surface area contributed by atoms with Gasteiger partial charge in [0.15, 0.2) is 11.5 Å². The third kappa shape index (κ3) is 5.25. The van der Waals surface area contributed by atoms with Gasteiger partial charge >= 0.3 is 11.9 Å². The predicted octanol–water partition coefficient (Wildman–Crippen LogP) is 4.08. The average Bonchev–Trinajstić information content (AvgIpc) is 2.87. The fourth-order valence-electron chi connectivity index (χ4n) is 4.12. The Morgan fingerprint density at radius 1 is 0.824 bits per heavy atom. The molecule has 0 saturated heterocycles. The molecule has 180 valence electrons. The fraction of sp³-hybridized carbons (Fsp3) is 0.333. The molecule has 7 nitrogen and oxygen atoms in total. The lowest BCUT2D eigenvalue weighted by molar-refractivity contribution is -0.137. The van der Waals surface area contributed by atoms with Crippen LogP contribution in [0, 0.1) is 13.8 Å². The molecule has 34 heavy (non-hydrogen) atoms. The molecule has 0 spiro atoms. The first-order chi connectivity index (χ1) is 16.3. The van der Waals surface area contributed by atoms with E-state index in [4.69, 9.17) is 18.9 Å². The molecular weight excluding hydrogens is 434 g/mol. The highest BCUT2D eigenvalue weighted by Crippen LogP contribution is 2.39. The number of hydrogen-bond acceptors (Lipinski definition) is 7. The molecule has 0 saturated carbocycles. The van der Waals surface area contributed by atoms with Crippen LogP contribution in [0.15, 0.2) is 59.9 Å². The lowest BCUT2D eigenvalue weighted by Crippen LogP contribution is -2.30. The minimum absolute atomic E-state index is 0.381. The van der Waals surface area contributed by atoms with E-state index < -0.39 is 17.9 Å². The van der Waals surface area contributed by atoms with Crippen LogP contribution >= 0.6 is 0 Å². The third-order valence-corrected chi connectivity index (χ3v) is 5.93. The van der Waals surface area contributed by atoms with Crippen molar-refractivity contribution in [2.24, 2.45) is 0 Å². The third-order valence-electron chi connectivity index (χ3n) is 5.93. The SMILES string of the molecule is COC(=O)C1=CN(CCc2ccc(OC)c(OC)c2)C=C(C(=O)OC)C1c1cc(C)ccc1C. The second-order valence-electron chi connectivity index (χ2n) is 8.12. The molecule has 0 amide bonds. The lowest BCUT2D eigenvalue weighted by atomic mass is 9.81. The fourth-order valence-corrected chi connectivity index (χ4v) is 4.12. The summed E-state index contributed by atoms with van der Waals surface area (Å²) in [4.78, 5) is 27.5. The van der Waals surface area contributed by atoms with E-state index in [2.05, 4.69) is 0 Å². The second kappa shape index (κ2) is 10.9. The zero-order chi connectivity index (χ0) is 24.8. The Labute approximate surface area is 200 Å². The maximum atomic E-state index is 12.9. The minimum atomic E-state index is -0.586. The van der Waals surface area contributed by atoms with Crippen molar-refractivity contribution in [3.8, 4) is 11.5 Å².